The molecule has 1 aromatic rings. The van der Waals surface area contributed by atoms with Crippen molar-refractivity contribution in [3.8, 4) is 0 Å². The van der Waals surface area contributed by atoms with Gasteiger partial charge in [0, 0.05) is 31.8 Å². The summed E-state index contributed by atoms with van der Waals surface area (Å²) in [5.74, 6) is 0.327. The van der Waals surface area contributed by atoms with Gasteiger partial charge in [0.25, 0.3) is 15.9 Å². The first-order chi connectivity index (χ1) is 13.0. The van der Waals surface area contributed by atoms with Gasteiger partial charge >= 0.3 is 0 Å². The number of amidine groups is 1. The second-order valence-corrected chi connectivity index (χ2v) is 8.79. The molecule has 3 heterocycles. The van der Waals surface area contributed by atoms with E-state index in [9.17, 15) is 13.2 Å². The summed E-state index contributed by atoms with van der Waals surface area (Å²) in [5.41, 5.74) is 7.46. The average molecular weight is 386 g/mol. The molecular formula is C19H22N4O3S. The fourth-order valence-corrected chi connectivity index (χ4v) is 4.89. The minimum absolute atomic E-state index is 0.0443. The third kappa shape index (κ3) is 3.42. The molecule has 27 heavy (non-hydrogen) atoms. The zero-order chi connectivity index (χ0) is 19.0. The maximum atomic E-state index is 13.2. The van der Waals surface area contributed by atoms with E-state index in [0.717, 1.165) is 0 Å². The highest BCUT2D eigenvalue weighted by molar-refractivity contribution is 7.90. The van der Waals surface area contributed by atoms with Crippen molar-refractivity contribution in [3.63, 3.8) is 0 Å². The zero-order valence-electron chi connectivity index (χ0n) is 14.9. The van der Waals surface area contributed by atoms with Crippen molar-refractivity contribution in [2.75, 3.05) is 31.9 Å². The molecule has 3 aliphatic heterocycles. The third-order valence-electron chi connectivity index (χ3n) is 5.35. The van der Waals surface area contributed by atoms with Crippen LogP contribution >= 0.6 is 0 Å². The summed E-state index contributed by atoms with van der Waals surface area (Å²) in [7, 11) is -3.53. The molecule has 0 aromatic heterocycles. The predicted molar refractivity (Wildman–Crippen MR) is 103 cm³/mol. The van der Waals surface area contributed by atoms with Gasteiger partial charge in [-0.3, -0.25) is 4.79 Å². The lowest BCUT2D eigenvalue weighted by molar-refractivity contribution is -0.125. The molecule has 0 bridgehead atoms. The highest BCUT2D eigenvalue weighted by atomic mass is 32.2. The van der Waals surface area contributed by atoms with E-state index in [2.05, 4.69) is 16.5 Å². The molecule has 1 amide bonds. The van der Waals surface area contributed by atoms with E-state index in [1.165, 1.54) is 5.56 Å². The Hall–Kier alpha value is -2.45. The number of fused-ring (bicyclic) bond motifs is 1. The predicted octanol–water partition coefficient (Wildman–Crippen LogP) is 0.685. The van der Waals surface area contributed by atoms with Gasteiger partial charge in [-0.2, -0.15) is 0 Å². The van der Waals surface area contributed by atoms with Crippen LogP contribution in [0.5, 0.6) is 0 Å². The molecular weight excluding hydrogens is 364 g/mol. The molecule has 142 valence electrons. The molecule has 1 fully saturated rings. The number of benzene rings is 1. The Kier molecular flexibility index (Phi) is 4.61. The molecule has 0 unspecified atom stereocenters. The lowest BCUT2D eigenvalue weighted by Gasteiger charge is -2.30. The first-order valence-electron chi connectivity index (χ1n) is 9.01. The monoisotopic (exact) mass is 386 g/mol. The summed E-state index contributed by atoms with van der Waals surface area (Å²) in [6.45, 7) is 1.91. The summed E-state index contributed by atoms with van der Waals surface area (Å²) in [6, 6.07) is 10.1. The molecule has 0 saturated carbocycles. The van der Waals surface area contributed by atoms with Crippen LogP contribution in [-0.2, 0) is 14.8 Å². The first-order valence-corrected chi connectivity index (χ1v) is 10.6. The zero-order valence-corrected chi connectivity index (χ0v) is 15.7. The van der Waals surface area contributed by atoms with E-state index in [4.69, 9.17) is 5.73 Å². The van der Waals surface area contributed by atoms with Crippen molar-refractivity contribution in [2.24, 2.45) is 16.0 Å². The van der Waals surface area contributed by atoms with Crippen molar-refractivity contribution >= 4 is 21.8 Å². The van der Waals surface area contributed by atoms with Gasteiger partial charge in [-0.25, -0.2) is 8.42 Å². The van der Waals surface area contributed by atoms with Gasteiger partial charge in [0.1, 0.15) is 0 Å². The Labute approximate surface area is 158 Å². The van der Waals surface area contributed by atoms with Crippen LogP contribution in [0.3, 0.4) is 0 Å². The summed E-state index contributed by atoms with van der Waals surface area (Å²) >= 11 is 0. The third-order valence-corrected chi connectivity index (χ3v) is 6.50. The average Bonchev–Trinajstić information content (AvgIpc) is 3.11. The van der Waals surface area contributed by atoms with Crippen LogP contribution in [0.2, 0.25) is 0 Å². The molecule has 3 aliphatic rings. The highest BCUT2D eigenvalue weighted by Crippen LogP contribution is 2.33. The van der Waals surface area contributed by atoms with Crippen molar-refractivity contribution in [3.05, 3.63) is 59.8 Å². The molecule has 1 aromatic carbocycles. The van der Waals surface area contributed by atoms with Crippen LogP contribution < -0.4 is 5.73 Å². The van der Waals surface area contributed by atoms with E-state index in [0.29, 0.717) is 31.8 Å². The fraction of sp³-hybridized carbons (Fsp3) is 0.368. The van der Waals surface area contributed by atoms with E-state index in [1.807, 2.05) is 18.2 Å². The molecule has 0 spiro atoms. The number of hydrogen-bond donors (Lipinski definition) is 1. The standard InChI is InChI=1S/C19H22N4O3S/c20-11-15-12-23(13-17(15)14-5-2-1-3-6-14)19(24)16-7-4-8-22-9-10-27(25,26)21-18(16)22/h1-8,15,17H,9-13,20H2/t15-,17+/m1/s1. The summed E-state index contributed by atoms with van der Waals surface area (Å²) in [6.07, 6.45) is 5.16. The van der Waals surface area contributed by atoms with Crippen molar-refractivity contribution in [2.45, 2.75) is 5.92 Å². The Bertz CT molecular complexity index is 937. The van der Waals surface area contributed by atoms with Crippen molar-refractivity contribution in [1.29, 1.82) is 0 Å². The number of allylic oxidation sites excluding steroid dienone is 2. The Balaban J connectivity index is 1.60. The Morgan fingerprint density at radius 3 is 2.74 bits per heavy atom. The van der Waals surface area contributed by atoms with Crippen LogP contribution in [0.15, 0.2) is 58.7 Å². The van der Waals surface area contributed by atoms with Crippen LogP contribution in [0.25, 0.3) is 0 Å². The number of amides is 1. The van der Waals surface area contributed by atoms with Gasteiger partial charge < -0.3 is 15.5 Å². The minimum atomic E-state index is -3.53. The number of carbonyl (C=O) groups excluding carboxylic acids is 1. The maximum Gasteiger partial charge on any atom is 0.257 e. The number of rotatable bonds is 3. The molecule has 4 rings (SSSR count). The SMILES string of the molecule is NC[C@@H]1CN(C(=O)C2=CC=CN3CCS(=O)(=O)N=C23)C[C@H]1c1ccccc1. The second kappa shape index (κ2) is 6.94. The van der Waals surface area contributed by atoms with Crippen LogP contribution in [0.1, 0.15) is 11.5 Å². The molecule has 0 aliphatic carbocycles. The molecule has 8 heteroatoms. The van der Waals surface area contributed by atoms with Gasteiger partial charge in [0.15, 0.2) is 5.84 Å². The largest absolute Gasteiger partial charge is 0.338 e. The summed E-state index contributed by atoms with van der Waals surface area (Å²) in [4.78, 5) is 16.7. The fourth-order valence-electron chi connectivity index (χ4n) is 3.91. The van der Waals surface area contributed by atoms with Gasteiger partial charge in [-0.1, -0.05) is 30.3 Å². The first kappa shape index (κ1) is 17.9. The molecule has 2 atom stereocenters. The Morgan fingerprint density at radius 2 is 2.00 bits per heavy atom. The number of sulfonamides is 1. The normalized spacial score (nSPS) is 26.4. The second-order valence-electron chi connectivity index (χ2n) is 7.04. The van der Waals surface area contributed by atoms with Gasteiger partial charge in [0.2, 0.25) is 0 Å². The van der Waals surface area contributed by atoms with Crippen LogP contribution in [-0.4, -0.2) is 61.9 Å². The molecule has 7 nitrogen and oxygen atoms in total. The van der Waals surface area contributed by atoms with Gasteiger partial charge in [0.05, 0.1) is 11.3 Å². The smallest absolute Gasteiger partial charge is 0.257 e. The number of hydrogen-bond acceptors (Lipinski definition) is 5. The quantitative estimate of drug-likeness (QED) is 0.824. The maximum absolute atomic E-state index is 13.2. The molecule has 0 radical (unpaired) electrons. The minimum Gasteiger partial charge on any atom is -0.338 e. The van der Waals surface area contributed by atoms with Crippen LogP contribution in [0, 0.1) is 5.92 Å². The van der Waals surface area contributed by atoms with E-state index in [-0.39, 0.29) is 29.3 Å². The number of nitrogens with two attached hydrogens (primary N) is 1. The number of likely N-dealkylation sites (tertiary alicyclic amines) is 1. The van der Waals surface area contributed by atoms with E-state index < -0.39 is 10.0 Å². The Morgan fingerprint density at radius 1 is 1.22 bits per heavy atom. The number of carbonyl (C=O) groups is 1. The van der Waals surface area contributed by atoms with Gasteiger partial charge in [-0.05, 0) is 30.2 Å². The van der Waals surface area contributed by atoms with Crippen molar-refractivity contribution < 1.29 is 13.2 Å². The lowest BCUT2D eigenvalue weighted by atomic mass is 9.89. The highest BCUT2D eigenvalue weighted by Gasteiger charge is 2.38. The summed E-state index contributed by atoms with van der Waals surface area (Å²) in [5, 5.41) is 0. The summed E-state index contributed by atoms with van der Waals surface area (Å²) < 4.78 is 27.7. The molecule has 2 N–H and O–H groups in total. The molecule has 1 saturated heterocycles. The van der Waals surface area contributed by atoms with Crippen molar-refractivity contribution in [1.82, 2.24) is 9.80 Å². The number of nitrogens with zero attached hydrogens (tertiary/aromatic N) is 3. The van der Waals surface area contributed by atoms with E-state index >= 15 is 0 Å². The lowest BCUT2D eigenvalue weighted by Crippen LogP contribution is -2.43. The van der Waals surface area contributed by atoms with Crippen LogP contribution in [0.4, 0.5) is 0 Å². The topological polar surface area (TPSA) is 96.1 Å². The van der Waals surface area contributed by atoms with Gasteiger partial charge in [-0.15, -0.1) is 4.40 Å². The van der Waals surface area contributed by atoms with E-state index in [1.54, 1.807) is 28.2 Å².